The van der Waals surface area contributed by atoms with Crippen LogP contribution >= 0.6 is 0 Å². The highest BCUT2D eigenvalue weighted by atomic mass is 19.4. The van der Waals surface area contributed by atoms with E-state index in [4.69, 9.17) is 5.73 Å². The number of nitrogens with one attached hydrogen (secondary N) is 1. The largest absolute Gasteiger partial charge is 0.390 e. The molecule has 0 atom stereocenters. The van der Waals surface area contributed by atoms with Crippen LogP contribution in [-0.2, 0) is 0 Å². The van der Waals surface area contributed by atoms with E-state index in [2.05, 4.69) is 15.3 Å². The molecule has 0 aromatic carbocycles. The summed E-state index contributed by atoms with van der Waals surface area (Å²) in [5, 5.41) is 12.8. The number of nitro groups is 1. The highest BCUT2D eigenvalue weighted by Gasteiger charge is 2.27. The molecule has 1 rings (SSSR count). The maximum Gasteiger partial charge on any atom is 0.390 e. The van der Waals surface area contributed by atoms with E-state index in [1.165, 1.54) is 0 Å². The summed E-state index contributed by atoms with van der Waals surface area (Å²) >= 11 is 0. The summed E-state index contributed by atoms with van der Waals surface area (Å²) in [4.78, 5) is 16.6. The van der Waals surface area contributed by atoms with Crippen LogP contribution in [-0.4, -0.2) is 27.6 Å². The third-order valence-corrected chi connectivity index (χ3v) is 1.73. The quantitative estimate of drug-likeness (QED) is 0.617. The molecule has 17 heavy (non-hydrogen) atoms. The predicted octanol–water partition coefficient (Wildman–Crippen LogP) is 1.33. The highest BCUT2D eigenvalue weighted by Crippen LogP contribution is 2.27. The average Bonchev–Trinajstić information content (AvgIpc) is 2.14. The molecule has 1 aromatic rings. The van der Waals surface area contributed by atoms with Crippen LogP contribution < -0.4 is 11.1 Å². The maximum atomic E-state index is 11.9. The summed E-state index contributed by atoms with van der Waals surface area (Å²) in [7, 11) is 0. The Bertz CT molecular complexity index is 422. The van der Waals surface area contributed by atoms with E-state index in [9.17, 15) is 23.3 Å². The van der Waals surface area contributed by atoms with Gasteiger partial charge in [-0.1, -0.05) is 0 Å². The molecule has 0 aliphatic rings. The van der Waals surface area contributed by atoms with Gasteiger partial charge in [-0.15, -0.1) is 0 Å². The molecule has 0 aliphatic heterocycles. The summed E-state index contributed by atoms with van der Waals surface area (Å²) < 4.78 is 35.6. The number of halogens is 3. The van der Waals surface area contributed by atoms with Crippen molar-refractivity contribution in [3.05, 3.63) is 16.4 Å². The third-order valence-electron chi connectivity index (χ3n) is 1.73. The van der Waals surface area contributed by atoms with E-state index in [1.54, 1.807) is 0 Å². The molecule has 0 saturated carbocycles. The molecule has 7 nitrogen and oxygen atoms in total. The lowest BCUT2D eigenvalue weighted by molar-refractivity contribution is -0.383. The minimum atomic E-state index is -4.35. The summed E-state index contributed by atoms with van der Waals surface area (Å²) in [6, 6.07) is 0. The lowest BCUT2D eigenvalue weighted by Crippen LogP contribution is -2.16. The first-order chi connectivity index (χ1) is 7.81. The second-order valence-corrected chi connectivity index (χ2v) is 3.01. The van der Waals surface area contributed by atoms with Gasteiger partial charge < -0.3 is 11.1 Å². The number of alkyl halides is 3. The SMILES string of the molecule is Nc1ncnc(NCCC(F)(F)F)c1[N+](=O)[O-]. The number of hydrogen-bond acceptors (Lipinski definition) is 6. The van der Waals surface area contributed by atoms with Gasteiger partial charge in [0.15, 0.2) is 0 Å². The molecule has 3 N–H and O–H groups in total. The molecule has 1 aromatic heterocycles. The van der Waals surface area contributed by atoms with Crippen molar-refractivity contribution in [3.63, 3.8) is 0 Å². The lowest BCUT2D eigenvalue weighted by atomic mass is 10.4. The van der Waals surface area contributed by atoms with Crippen LogP contribution in [0.2, 0.25) is 0 Å². The van der Waals surface area contributed by atoms with E-state index < -0.39 is 35.6 Å². The van der Waals surface area contributed by atoms with E-state index in [-0.39, 0.29) is 5.82 Å². The van der Waals surface area contributed by atoms with Crippen LogP contribution in [0.5, 0.6) is 0 Å². The Morgan fingerprint density at radius 3 is 2.65 bits per heavy atom. The van der Waals surface area contributed by atoms with Crippen molar-refractivity contribution < 1.29 is 18.1 Å². The van der Waals surface area contributed by atoms with Crippen molar-refractivity contribution in [1.82, 2.24) is 9.97 Å². The van der Waals surface area contributed by atoms with Crippen LogP contribution in [0, 0.1) is 10.1 Å². The van der Waals surface area contributed by atoms with Gasteiger partial charge in [0.1, 0.15) is 6.33 Å². The molecule has 1 heterocycles. The van der Waals surface area contributed by atoms with Gasteiger partial charge in [0.25, 0.3) is 0 Å². The number of rotatable bonds is 4. The Morgan fingerprint density at radius 2 is 2.12 bits per heavy atom. The molecule has 0 radical (unpaired) electrons. The minimum absolute atomic E-state index is 0.327. The van der Waals surface area contributed by atoms with Gasteiger partial charge in [0.2, 0.25) is 11.6 Å². The summed E-state index contributed by atoms with van der Waals surface area (Å²) in [6.07, 6.45) is -4.55. The Kier molecular flexibility index (Phi) is 3.66. The normalized spacial score (nSPS) is 11.2. The Morgan fingerprint density at radius 1 is 1.47 bits per heavy atom. The molecule has 94 valence electrons. The fourth-order valence-electron chi connectivity index (χ4n) is 1.02. The van der Waals surface area contributed by atoms with Crippen LogP contribution in [0.4, 0.5) is 30.5 Å². The number of hydrogen-bond donors (Lipinski definition) is 2. The van der Waals surface area contributed by atoms with Crippen molar-refractivity contribution in [2.45, 2.75) is 12.6 Å². The molecule has 0 bridgehead atoms. The minimum Gasteiger partial charge on any atom is -0.378 e. The van der Waals surface area contributed by atoms with Crippen molar-refractivity contribution in [3.8, 4) is 0 Å². The first kappa shape index (κ1) is 12.9. The molecule has 0 fully saturated rings. The molecular weight excluding hydrogens is 243 g/mol. The number of nitrogens with zero attached hydrogens (tertiary/aromatic N) is 3. The molecule has 10 heteroatoms. The second-order valence-electron chi connectivity index (χ2n) is 3.01. The van der Waals surface area contributed by atoms with Gasteiger partial charge in [0, 0.05) is 6.54 Å². The third kappa shape index (κ3) is 3.74. The maximum absolute atomic E-state index is 11.9. The van der Waals surface area contributed by atoms with Crippen LogP contribution in [0.25, 0.3) is 0 Å². The molecular formula is C7H8F3N5O2. The zero-order valence-corrected chi connectivity index (χ0v) is 8.36. The van der Waals surface area contributed by atoms with Crippen LogP contribution in [0.15, 0.2) is 6.33 Å². The molecule has 0 spiro atoms. The zero-order valence-electron chi connectivity index (χ0n) is 8.36. The number of nitrogen functional groups attached to an aromatic ring is 1. The molecule has 0 amide bonds. The smallest absolute Gasteiger partial charge is 0.378 e. The van der Waals surface area contributed by atoms with Crippen molar-refractivity contribution in [2.75, 3.05) is 17.6 Å². The van der Waals surface area contributed by atoms with Crippen LogP contribution in [0.3, 0.4) is 0 Å². The van der Waals surface area contributed by atoms with E-state index in [1.807, 2.05) is 0 Å². The van der Waals surface area contributed by atoms with Crippen molar-refractivity contribution in [1.29, 1.82) is 0 Å². The van der Waals surface area contributed by atoms with Crippen molar-refractivity contribution in [2.24, 2.45) is 0 Å². The van der Waals surface area contributed by atoms with Gasteiger partial charge >= 0.3 is 11.9 Å². The first-order valence-electron chi connectivity index (χ1n) is 4.37. The van der Waals surface area contributed by atoms with Gasteiger partial charge in [-0.2, -0.15) is 13.2 Å². The number of anilines is 2. The topological polar surface area (TPSA) is 107 Å². The predicted molar refractivity (Wildman–Crippen MR) is 52.3 cm³/mol. The highest BCUT2D eigenvalue weighted by molar-refractivity contribution is 5.67. The number of aromatic nitrogens is 2. The fraction of sp³-hybridized carbons (Fsp3) is 0.429. The zero-order chi connectivity index (χ0) is 13.1. The van der Waals surface area contributed by atoms with Gasteiger partial charge in [-0.05, 0) is 0 Å². The van der Waals surface area contributed by atoms with E-state index in [0.29, 0.717) is 0 Å². The fourth-order valence-corrected chi connectivity index (χ4v) is 1.02. The van der Waals surface area contributed by atoms with Gasteiger partial charge in [-0.3, -0.25) is 10.1 Å². The van der Waals surface area contributed by atoms with E-state index in [0.717, 1.165) is 6.33 Å². The summed E-state index contributed by atoms with van der Waals surface area (Å²) in [5.41, 5.74) is 4.59. The summed E-state index contributed by atoms with van der Waals surface area (Å²) in [5.74, 6) is -0.730. The van der Waals surface area contributed by atoms with Crippen LogP contribution in [0.1, 0.15) is 6.42 Å². The lowest BCUT2D eigenvalue weighted by Gasteiger charge is -2.08. The van der Waals surface area contributed by atoms with Crippen molar-refractivity contribution >= 4 is 17.3 Å². The molecule has 0 unspecified atom stereocenters. The Hall–Kier alpha value is -2.13. The first-order valence-corrected chi connectivity index (χ1v) is 4.37. The van der Waals surface area contributed by atoms with Gasteiger partial charge in [0.05, 0.1) is 11.3 Å². The molecule has 0 saturated heterocycles. The second kappa shape index (κ2) is 4.80. The number of nitrogens with two attached hydrogens (primary N) is 1. The monoisotopic (exact) mass is 251 g/mol. The average molecular weight is 251 g/mol. The summed E-state index contributed by atoms with van der Waals surface area (Å²) in [6.45, 7) is -0.527. The Balaban J connectivity index is 2.78. The van der Waals surface area contributed by atoms with Gasteiger partial charge in [-0.25, -0.2) is 9.97 Å². The Labute approximate surface area is 93.0 Å². The molecule has 0 aliphatic carbocycles. The van der Waals surface area contributed by atoms with E-state index >= 15 is 0 Å². The standard InChI is InChI=1S/C7H8F3N5O2/c8-7(9,10)1-2-12-6-4(15(16)17)5(11)13-3-14-6/h3H,1-2H2,(H3,11,12,13,14).